The Bertz CT molecular complexity index is 1150. The zero-order valence-electron chi connectivity index (χ0n) is 31.7. The highest BCUT2D eigenvalue weighted by Gasteiger charge is 2.52. The van der Waals surface area contributed by atoms with Crippen LogP contribution in [0.3, 0.4) is 0 Å². The number of nitrogens with zero attached hydrogens (tertiary/aromatic N) is 6. The van der Waals surface area contributed by atoms with E-state index in [-0.39, 0.29) is 0 Å². The van der Waals surface area contributed by atoms with Gasteiger partial charge in [0.1, 0.15) is 36.0 Å². The first-order valence-corrected chi connectivity index (χ1v) is 22.6. The van der Waals surface area contributed by atoms with Crippen molar-refractivity contribution < 1.29 is 0 Å². The lowest BCUT2D eigenvalue weighted by molar-refractivity contribution is 0.127. The maximum atomic E-state index is 5.82. The number of nitrogens with one attached hydrogen (secondary N) is 3. The molecule has 0 aromatic heterocycles. The first-order chi connectivity index (χ1) is 25.3. The summed E-state index contributed by atoms with van der Waals surface area (Å²) in [4.78, 5) is 26.2. The molecule has 0 radical (unpaired) electrons. The Morgan fingerprint density at radius 1 is 0.353 bits per heavy atom. The fraction of sp³-hybridized carbons (Fsp3) is 0.929. The third-order valence-electron chi connectivity index (χ3n) is 15.5. The van der Waals surface area contributed by atoms with Crippen molar-refractivity contribution in [3.8, 4) is 0 Å². The van der Waals surface area contributed by atoms with Gasteiger partial charge in [0.2, 0.25) is 0 Å². The molecule has 0 aromatic rings. The number of fused-ring (bicyclic) bond motifs is 3. The minimum absolute atomic E-state index is 0.417. The molecule has 0 spiro atoms. The second-order valence-corrected chi connectivity index (χ2v) is 18.7. The van der Waals surface area contributed by atoms with E-state index in [1.165, 1.54) is 172 Å². The van der Waals surface area contributed by atoms with Crippen molar-refractivity contribution in [2.45, 2.75) is 209 Å². The van der Waals surface area contributed by atoms with Crippen molar-refractivity contribution in [1.82, 2.24) is 30.7 Å². The maximum Gasteiger partial charge on any atom is 0.104 e. The van der Waals surface area contributed by atoms with Gasteiger partial charge in [-0.25, -0.2) is 0 Å². The standard InChI is InChI=1S/C42H69N9/c1-4-13-31(14-5-1)49-37(46-34-19-10-22-43-40(34)49)28-25-29(38-47-35-20-11-23-44-41(35)50(38)32-15-6-2-7-16-32)27-30(26-28)39-48-36-21-12-24-45-42(36)51(39)33-17-8-3-9-18-33/h28-36,40-45H,1-27H2. The molecule has 0 amide bonds. The van der Waals surface area contributed by atoms with Crippen molar-refractivity contribution in [3.63, 3.8) is 0 Å². The summed E-state index contributed by atoms with van der Waals surface area (Å²) < 4.78 is 0. The lowest BCUT2D eigenvalue weighted by Gasteiger charge is -2.47. The molecule has 10 rings (SSSR count). The largest absolute Gasteiger partial charge is 0.339 e. The Balaban J connectivity index is 1.03. The normalized spacial score (nSPS) is 41.5. The van der Waals surface area contributed by atoms with Crippen LogP contribution >= 0.6 is 0 Å². The number of rotatable bonds is 6. The highest BCUT2D eigenvalue weighted by molar-refractivity contribution is 5.94. The van der Waals surface area contributed by atoms with Gasteiger partial charge in [-0.3, -0.25) is 30.9 Å². The van der Waals surface area contributed by atoms with E-state index in [1.807, 2.05) is 0 Å². The highest BCUT2D eigenvalue weighted by Crippen LogP contribution is 2.46. The molecule has 10 aliphatic rings. The Morgan fingerprint density at radius 2 is 0.647 bits per heavy atom. The van der Waals surface area contributed by atoms with Crippen molar-refractivity contribution in [2.75, 3.05) is 19.6 Å². The summed E-state index contributed by atoms with van der Waals surface area (Å²) in [6.45, 7) is 3.44. The summed E-state index contributed by atoms with van der Waals surface area (Å²) in [5, 5.41) is 12.1. The molecule has 0 bridgehead atoms. The zero-order valence-corrected chi connectivity index (χ0v) is 31.7. The van der Waals surface area contributed by atoms with E-state index in [9.17, 15) is 0 Å². The van der Waals surface area contributed by atoms with Gasteiger partial charge in [0, 0.05) is 35.9 Å². The molecule has 3 saturated heterocycles. The zero-order chi connectivity index (χ0) is 33.7. The number of amidine groups is 3. The predicted molar refractivity (Wildman–Crippen MR) is 207 cm³/mol. The van der Waals surface area contributed by atoms with Crippen LogP contribution in [-0.2, 0) is 0 Å². The van der Waals surface area contributed by atoms with Crippen LogP contribution in [0.5, 0.6) is 0 Å². The Morgan fingerprint density at radius 3 is 0.941 bits per heavy atom. The molecule has 6 heterocycles. The molecule has 4 aliphatic carbocycles. The van der Waals surface area contributed by atoms with Crippen molar-refractivity contribution in [1.29, 1.82) is 0 Å². The average molecular weight is 700 g/mol. The van der Waals surface area contributed by atoms with E-state index in [1.54, 1.807) is 0 Å². The summed E-state index contributed by atoms with van der Waals surface area (Å²) in [7, 11) is 0. The summed E-state index contributed by atoms with van der Waals surface area (Å²) in [6, 6.07) is 3.25. The first-order valence-electron chi connectivity index (χ1n) is 22.6. The molecule has 0 aromatic carbocycles. The Hall–Kier alpha value is -1.71. The topological polar surface area (TPSA) is 82.9 Å². The van der Waals surface area contributed by atoms with Crippen LogP contribution in [-0.4, -0.2) is 107 Å². The van der Waals surface area contributed by atoms with Gasteiger partial charge in [0.05, 0.1) is 18.1 Å². The molecule has 6 aliphatic heterocycles. The van der Waals surface area contributed by atoms with Gasteiger partial charge in [-0.15, -0.1) is 0 Å². The molecule has 6 unspecified atom stereocenters. The van der Waals surface area contributed by atoms with Crippen LogP contribution in [0, 0.1) is 17.8 Å². The summed E-state index contributed by atoms with van der Waals surface area (Å²) in [5.41, 5.74) is 0. The number of hydrogen-bond acceptors (Lipinski definition) is 9. The predicted octanol–water partition coefficient (Wildman–Crippen LogP) is 6.39. The smallest absolute Gasteiger partial charge is 0.104 e. The molecule has 3 N–H and O–H groups in total. The molecule has 51 heavy (non-hydrogen) atoms. The SMILES string of the molecule is C1CCC(N2C(C3CC(C4=NC5CCCNC5N4C4CCCCC4)CC(C4=NC5CCCNC5N4C4CCCCC4)C3)=NC3CCCNC32)CC1. The van der Waals surface area contributed by atoms with Crippen LogP contribution in [0.15, 0.2) is 15.0 Å². The summed E-state index contributed by atoms with van der Waals surface area (Å²) in [5.74, 6) is 5.95. The fourth-order valence-electron chi connectivity index (χ4n) is 13.2. The number of hydrogen-bond donors (Lipinski definition) is 3. The Labute approximate surface area is 308 Å². The lowest BCUT2D eigenvalue weighted by atomic mass is 9.72. The van der Waals surface area contributed by atoms with Gasteiger partial charge >= 0.3 is 0 Å². The van der Waals surface area contributed by atoms with Gasteiger partial charge in [-0.1, -0.05) is 57.8 Å². The second-order valence-electron chi connectivity index (χ2n) is 18.7. The molecule has 282 valence electrons. The average Bonchev–Trinajstić information content (AvgIpc) is 3.91. The quantitative estimate of drug-likeness (QED) is 0.298. The van der Waals surface area contributed by atoms with Crippen LogP contribution in [0.1, 0.15) is 154 Å². The highest BCUT2D eigenvalue weighted by atomic mass is 15.4. The third kappa shape index (κ3) is 6.39. The van der Waals surface area contributed by atoms with Crippen LogP contribution < -0.4 is 16.0 Å². The second kappa shape index (κ2) is 14.8. The molecule has 4 saturated carbocycles. The van der Waals surface area contributed by atoms with Crippen molar-refractivity contribution in [2.24, 2.45) is 32.7 Å². The van der Waals surface area contributed by atoms with Gasteiger partial charge in [0.25, 0.3) is 0 Å². The first kappa shape index (κ1) is 33.8. The molecule has 9 heteroatoms. The van der Waals surface area contributed by atoms with Crippen LogP contribution in [0.2, 0.25) is 0 Å². The fourth-order valence-corrected chi connectivity index (χ4v) is 13.2. The van der Waals surface area contributed by atoms with E-state index in [0.717, 1.165) is 19.6 Å². The van der Waals surface area contributed by atoms with Crippen LogP contribution in [0.4, 0.5) is 0 Å². The van der Waals surface area contributed by atoms with Gasteiger partial charge in [-0.2, -0.15) is 0 Å². The van der Waals surface area contributed by atoms with Crippen molar-refractivity contribution in [3.05, 3.63) is 0 Å². The Kier molecular flexibility index (Phi) is 9.85. The van der Waals surface area contributed by atoms with Gasteiger partial charge < -0.3 is 14.7 Å². The van der Waals surface area contributed by atoms with E-state index >= 15 is 0 Å². The minimum atomic E-state index is 0.417. The maximum absolute atomic E-state index is 5.82. The van der Waals surface area contributed by atoms with E-state index in [0.29, 0.717) is 72.5 Å². The monoisotopic (exact) mass is 700 g/mol. The molecule has 7 fully saturated rings. The van der Waals surface area contributed by atoms with Crippen LogP contribution in [0.25, 0.3) is 0 Å². The van der Waals surface area contributed by atoms with E-state index < -0.39 is 0 Å². The summed E-state index contributed by atoms with van der Waals surface area (Å²) >= 11 is 0. The molecule has 9 nitrogen and oxygen atoms in total. The van der Waals surface area contributed by atoms with E-state index in [2.05, 4.69) is 30.7 Å². The summed E-state index contributed by atoms with van der Waals surface area (Å²) in [6.07, 6.45) is 33.0. The number of aliphatic imine (C=N–C) groups is 3. The van der Waals surface area contributed by atoms with E-state index in [4.69, 9.17) is 15.0 Å². The molecule has 6 atom stereocenters. The van der Waals surface area contributed by atoms with Crippen molar-refractivity contribution >= 4 is 17.5 Å². The number of piperidine rings is 3. The minimum Gasteiger partial charge on any atom is -0.339 e. The van der Waals surface area contributed by atoms with Gasteiger partial charge in [0.15, 0.2) is 0 Å². The van der Waals surface area contributed by atoms with Gasteiger partial charge in [-0.05, 0) is 116 Å². The lowest BCUT2D eigenvalue weighted by Crippen LogP contribution is -2.59. The molecular weight excluding hydrogens is 631 g/mol. The molecular formula is C42H69N9. The third-order valence-corrected chi connectivity index (χ3v) is 15.5.